The van der Waals surface area contributed by atoms with E-state index < -0.39 is 0 Å². The summed E-state index contributed by atoms with van der Waals surface area (Å²) in [4.78, 5) is 20.8. The highest BCUT2D eigenvalue weighted by molar-refractivity contribution is 6.30. The highest BCUT2D eigenvalue weighted by Gasteiger charge is 2.66. The number of piperazine rings is 1. The van der Waals surface area contributed by atoms with E-state index in [9.17, 15) is 4.79 Å². The van der Waals surface area contributed by atoms with Gasteiger partial charge in [0.1, 0.15) is 0 Å². The number of halogens is 1. The van der Waals surface area contributed by atoms with Gasteiger partial charge in [-0.05, 0) is 49.6 Å². The van der Waals surface area contributed by atoms with E-state index in [1.165, 1.54) is 11.1 Å². The Labute approximate surface area is 184 Å². The van der Waals surface area contributed by atoms with Gasteiger partial charge in [0.2, 0.25) is 5.91 Å². The van der Waals surface area contributed by atoms with Crippen LogP contribution in [-0.2, 0) is 10.2 Å². The third-order valence-corrected chi connectivity index (χ3v) is 7.56. The van der Waals surface area contributed by atoms with Crippen LogP contribution in [0.25, 0.3) is 0 Å². The second kappa shape index (κ2) is 7.67. The van der Waals surface area contributed by atoms with E-state index in [4.69, 9.17) is 11.6 Å². The molecule has 1 spiro atoms. The first-order chi connectivity index (χ1) is 14.5. The molecule has 2 atom stereocenters. The SMILES string of the molecule is CC(C)N1CCN(CCN2C(=O)C3(CC3c3ccc(Cl)cc3)c3ccccc32)CC1. The summed E-state index contributed by atoms with van der Waals surface area (Å²) in [6.45, 7) is 10.6. The second-order valence-electron chi connectivity index (χ2n) is 9.22. The highest BCUT2D eigenvalue weighted by Crippen LogP contribution is 2.66. The fourth-order valence-corrected chi connectivity index (χ4v) is 5.54. The number of rotatable bonds is 5. The summed E-state index contributed by atoms with van der Waals surface area (Å²) in [6, 6.07) is 17.0. The lowest BCUT2D eigenvalue weighted by Crippen LogP contribution is -2.50. The number of hydrogen-bond donors (Lipinski definition) is 0. The van der Waals surface area contributed by atoms with Crippen molar-refractivity contribution in [2.75, 3.05) is 44.2 Å². The normalized spacial score (nSPS) is 26.6. The number of anilines is 1. The van der Waals surface area contributed by atoms with Crippen molar-refractivity contribution >= 4 is 23.2 Å². The Morgan fingerprint density at radius 1 is 1.00 bits per heavy atom. The van der Waals surface area contributed by atoms with Crippen LogP contribution in [-0.4, -0.2) is 61.0 Å². The first-order valence-electron chi connectivity index (χ1n) is 11.1. The molecule has 5 heteroatoms. The zero-order valence-corrected chi connectivity index (χ0v) is 18.6. The van der Waals surface area contributed by atoms with Gasteiger partial charge in [0.25, 0.3) is 0 Å². The van der Waals surface area contributed by atoms with Crippen molar-refractivity contribution in [2.45, 2.75) is 37.6 Å². The van der Waals surface area contributed by atoms with E-state index in [1.807, 2.05) is 12.1 Å². The third-order valence-electron chi connectivity index (χ3n) is 7.31. The molecule has 1 aliphatic carbocycles. The van der Waals surface area contributed by atoms with Crippen molar-refractivity contribution in [3.63, 3.8) is 0 Å². The lowest BCUT2D eigenvalue weighted by Gasteiger charge is -2.37. The molecule has 2 aromatic rings. The molecule has 2 aromatic carbocycles. The quantitative estimate of drug-likeness (QED) is 0.723. The molecule has 0 bridgehead atoms. The van der Waals surface area contributed by atoms with Crippen LogP contribution in [0.5, 0.6) is 0 Å². The Hall–Kier alpha value is -1.88. The molecule has 158 valence electrons. The number of benzene rings is 2. The molecule has 30 heavy (non-hydrogen) atoms. The van der Waals surface area contributed by atoms with Crippen LogP contribution in [0, 0.1) is 0 Å². The van der Waals surface area contributed by atoms with E-state index in [0.717, 1.165) is 56.4 Å². The van der Waals surface area contributed by atoms with Crippen LogP contribution in [0.1, 0.15) is 37.3 Å². The Morgan fingerprint density at radius 2 is 1.70 bits per heavy atom. The predicted octanol–water partition coefficient (Wildman–Crippen LogP) is 4.14. The molecular weight excluding hydrogens is 394 g/mol. The molecule has 2 fully saturated rings. The molecule has 1 saturated heterocycles. The average Bonchev–Trinajstić information content (AvgIpc) is 3.46. The van der Waals surface area contributed by atoms with Gasteiger partial charge >= 0.3 is 0 Å². The zero-order chi connectivity index (χ0) is 20.9. The van der Waals surface area contributed by atoms with Gasteiger partial charge in [-0.2, -0.15) is 0 Å². The van der Waals surface area contributed by atoms with E-state index in [1.54, 1.807) is 0 Å². The van der Waals surface area contributed by atoms with Gasteiger partial charge in [0.15, 0.2) is 0 Å². The Bertz CT molecular complexity index is 936. The van der Waals surface area contributed by atoms with Gasteiger partial charge in [-0.25, -0.2) is 0 Å². The van der Waals surface area contributed by atoms with Crippen molar-refractivity contribution in [3.8, 4) is 0 Å². The van der Waals surface area contributed by atoms with Gasteiger partial charge < -0.3 is 4.90 Å². The highest BCUT2D eigenvalue weighted by atomic mass is 35.5. The number of nitrogens with zero attached hydrogens (tertiary/aromatic N) is 3. The smallest absolute Gasteiger partial charge is 0.238 e. The lowest BCUT2D eigenvalue weighted by atomic mass is 9.92. The monoisotopic (exact) mass is 423 g/mol. The summed E-state index contributed by atoms with van der Waals surface area (Å²) >= 11 is 6.08. The maximum absolute atomic E-state index is 13.7. The number of fused-ring (bicyclic) bond motifs is 2. The summed E-state index contributed by atoms with van der Waals surface area (Å²) in [5.41, 5.74) is 3.16. The molecule has 5 rings (SSSR count). The molecule has 2 aliphatic heterocycles. The first-order valence-corrected chi connectivity index (χ1v) is 11.5. The summed E-state index contributed by atoms with van der Waals surface area (Å²) in [6.07, 6.45) is 0.897. The minimum absolute atomic E-state index is 0.253. The van der Waals surface area contributed by atoms with Gasteiger partial charge in [-0.3, -0.25) is 14.6 Å². The summed E-state index contributed by atoms with van der Waals surface area (Å²) in [5, 5.41) is 0.741. The number of carbonyl (C=O) groups excluding carboxylic acids is 1. The van der Waals surface area contributed by atoms with Crippen molar-refractivity contribution in [1.29, 1.82) is 0 Å². The van der Waals surface area contributed by atoms with Gasteiger partial charge in [-0.15, -0.1) is 0 Å². The van der Waals surface area contributed by atoms with E-state index in [0.29, 0.717) is 6.04 Å². The Kier molecular flexibility index (Phi) is 5.12. The minimum Gasteiger partial charge on any atom is -0.310 e. The molecule has 4 nitrogen and oxygen atoms in total. The topological polar surface area (TPSA) is 26.8 Å². The summed E-state index contributed by atoms with van der Waals surface area (Å²) < 4.78 is 0. The van der Waals surface area contributed by atoms with Crippen molar-refractivity contribution < 1.29 is 4.79 Å². The van der Waals surface area contributed by atoms with Crippen LogP contribution in [0.15, 0.2) is 48.5 Å². The van der Waals surface area contributed by atoms with Crippen LogP contribution >= 0.6 is 11.6 Å². The van der Waals surface area contributed by atoms with Crippen molar-refractivity contribution in [2.24, 2.45) is 0 Å². The Morgan fingerprint density at radius 3 is 2.40 bits per heavy atom. The molecule has 0 N–H and O–H groups in total. The maximum atomic E-state index is 13.7. The van der Waals surface area contributed by atoms with Crippen molar-refractivity contribution in [3.05, 3.63) is 64.7 Å². The average molecular weight is 424 g/mol. The molecule has 0 radical (unpaired) electrons. The van der Waals surface area contributed by atoms with Crippen LogP contribution in [0.2, 0.25) is 5.02 Å². The van der Waals surface area contributed by atoms with E-state index in [-0.39, 0.29) is 17.2 Å². The molecule has 1 amide bonds. The van der Waals surface area contributed by atoms with Crippen LogP contribution in [0.3, 0.4) is 0 Å². The van der Waals surface area contributed by atoms with Crippen molar-refractivity contribution in [1.82, 2.24) is 9.80 Å². The van der Waals surface area contributed by atoms with Gasteiger partial charge in [-0.1, -0.05) is 41.9 Å². The molecular formula is C25H30ClN3O. The number of hydrogen-bond acceptors (Lipinski definition) is 3. The molecule has 2 unspecified atom stereocenters. The summed E-state index contributed by atoms with van der Waals surface area (Å²) in [7, 11) is 0. The zero-order valence-electron chi connectivity index (χ0n) is 17.9. The molecule has 1 saturated carbocycles. The van der Waals surface area contributed by atoms with Crippen LogP contribution in [0.4, 0.5) is 5.69 Å². The second-order valence-corrected chi connectivity index (χ2v) is 9.66. The Balaban J connectivity index is 1.32. The van der Waals surface area contributed by atoms with E-state index in [2.05, 4.69) is 64.9 Å². The standard InChI is InChI=1S/C25H30ClN3O/c1-18(2)28-14-11-27(12-15-28)13-16-29-23-6-4-3-5-21(23)25(24(29)30)17-22(25)19-7-9-20(26)10-8-19/h3-10,18,22H,11-17H2,1-2H3. The fourth-order valence-electron chi connectivity index (χ4n) is 5.41. The van der Waals surface area contributed by atoms with Gasteiger partial charge in [0, 0.05) is 61.9 Å². The number of amides is 1. The minimum atomic E-state index is -0.374. The molecule has 2 heterocycles. The summed E-state index contributed by atoms with van der Waals surface area (Å²) in [5.74, 6) is 0.535. The largest absolute Gasteiger partial charge is 0.310 e. The first kappa shape index (κ1) is 20.0. The van der Waals surface area contributed by atoms with Crippen LogP contribution < -0.4 is 4.90 Å². The molecule has 0 aromatic heterocycles. The predicted molar refractivity (Wildman–Crippen MR) is 122 cm³/mol. The molecule has 3 aliphatic rings. The number of para-hydroxylation sites is 1. The lowest BCUT2D eigenvalue weighted by molar-refractivity contribution is -0.120. The van der Waals surface area contributed by atoms with E-state index >= 15 is 0 Å². The maximum Gasteiger partial charge on any atom is 0.238 e. The number of carbonyl (C=O) groups is 1. The van der Waals surface area contributed by atoms with Gasteiger partial charge in [0.05, 0.1) is 5.41 Å². The fraction of sp³-hybridized carbons (Fsp3) is 0.480. The third kappa shape index (κ3) is 3.26.